The maximum absolute atomic E-state index is 3.53. The van der Waals surface area contributed by atoms with Gasteiger partial charge in [-0.25, -0.2) is 0 Å². The molecule has 2 heteroatoms. The van der Waals surface area contributed by atoms with Gasteiger partial charge in [-0.1, -0.05) is 36.1 Å². The summed E-state index contributed by atoms with van der Waals surface area (Å²) >= 11 is 1.81. The van der Waals surface area contributed by atoms with Crippen LogP contribution in [-0.2, 0) is 0 Å². The molecule has 1 heterocycles. The maximum Gasteiger partial charge on any atom is 0.0346 e. The Morgan fingerprint density at radius 3 is 2.81 bits per heavy atom. The summed E-state index contributed by atoms with van der Waals surface area (Å²) in [5.41, 5.74) is 1.45. The molecule has 1 aromatic carbocycles. The summed E-state index contributed by atoms with van der Waals surface area (Å²) in [6, 6.07) is 8.92. The van der Waals surface area contributed by atoms with E-state index in [-0.39, 0.29) is 5.41 Å². The molecule has 0 saturated carbocycles. The molecule has 0 aliphatic rings. The number of fused-ring (bicyclic) bond motifs is 1. The second-order valence-electron chi connectivity index (χ2n) is 6.24. The third-order valence-electron chi connectivity index (χ3n) is 3.17. The SMILES string of the molecule is C[C@@H](NC/C=C/C#CC(C)(C)C)c1csc2ccccc12. The van der Waals surface area contributed by atoms with Crippen LogP contribution in [0.4, 0.5) is 0 Å². The van der Waals surface area contributed by atoms with Gasteiger partial charge in [0.05, 0.1) is 0 Å². The Balaban J connectivity index is 1.92. The second-order valence-corrected chi connectivity index (χ2v) is 7.15. The topological polar surface area (TPSA) is 12.0 Å². The highest BCUT2D eigenvalue weighted by atomic mass is 32.1. The van der Waals surface area contributed by atoms with Crippen LogP contribution in [0.1, 0.15) is 39.3 Å². The summed E-state index contributed by atoms with van der Waals surface area (Å²) in [5, 5.41) is 7.14. The Labute approximate surface area is 132 Å². The molecule has 0 radical (unpaired) electrons. The molecule has 1 N–H and O–H groups in total. The number of benzene rings is 1. The first-order valence-corrected chi connectivity index (χ1v) is 8.22. The van der Waals surface area contributed by atoms with E-state index in [4.69, 9.17) is 0 Å². The number of hydrogen-bond acceptors (Lipinski definition) is 2. The van der Waals surface area contributed by atoms with Gasteiger partial charge < -0.3 is 5.32 Å². The summed E-state index contributed by atoms with van der Waals surface area (Å²) < 4.78 is 1.35. The van der Waals surface area contributed by atoms with Crippen molar-refractivity contribution < 1.29 is 0 Å². The van der Waals surface area contributed by atoms with Crippen LogP contribution in [0.25, 0.3) is 10.1 Å². The first-order chi connectivity index (χ1) is 9.97. The molecule has 0 saturated heterocycles. The number of nitrogens with one attached hydrogen (secondary N) is 1. The van der Waals surface area contributed by atoms with Gasteiger partial charge in [0.1, 0.15) is 0 Å². The molecule has 0 aliphatic carbocycles. The lowest BCUT2D eigenvalue weighted by Gasteiger charge is -2.11. The molecule has 0 spiro atoms. The van der Waals surface area contributed by atoms with E-state index in [1.54, 1.807) is 0 Å². The number of allylic oxidation sites excluding steroid dienone is 1. The molecule has 0 fully saturated rings. The molecule has 0 aliphatic heterocycles. The Bertz CT molecular complexity index is 677. The van der Waals surface area contributed by atoms with Crippen LogP contribution in [0.2, 0.25) is 0 Å². The van der Waals surface area contributed by atoms with Crippen molar-refractivity contribution in [2.75, 3.05) is 6.54 Å². The highest BCUT2D eigenvalue weighted by Gasteiger charge is 2.09. The van der Waals surface area contributed by atoms with E-state index in [2.05, 4.69) is 80.6 Å². The first kappa shape index (κ1) is 15.8. The van der Waals surface area contributed by atoms with Gasteiger partial charge in [-0.05, 0) is 56.2 Å². The smallest absolute Gasteiger partial charge is 0.0346 e. The molecule has 0 bridgehead atoms. The van der Waals surface area contributed by atoms with Crippen molar-refractivity contribution in [3.8, 4) is 11.8 Å². The molecule has 2 rings (SSSR count). The van der Waals surface area contributed by atoms with Gasteiger partial charge in [0.2, 0.25) is 0 Å². The number of hydrogen-bond donors (Lipinski definition) is 1. The summed E-state index contributed by atoms with van der Waals surface area (Å²) in [7, 11) is 0. The summed E-state index contributed by atoms with van der Waals surface area (Å²) in [4.78, 5) is 0. The average Bonchev–Trinajstić information content (AvgIpc) is 2.85. The maximum atomic E-state index is 3.53. The minimum atomic E-state index is 0.0701. The summed E-state index contributed by atoms with van der Waals surface area (Å²) in [5.74, 6) is 6.29. The molecule has 0 unspecified atom stereocenters. The van der Waals surface area contributed by atoms with E-state index in [0.29, 0.717) is 6.04 Å². The molecule has 1 aromatic heterocycles. The first-order valence-electron chi connectivity index (χ1n) is 7.34. The average molecular weight is 297 g/mol. The number of rotatable bonds is 4. The lowest BCUT2D eigenvalue weighted by molar-refractivity contribution is 0.571. The zero-order valence-corrected chi connectivity index (χ0v) is 14.1. The van der Waals surface area contributed by atoms with Gasteiger partial charge in [-0.15, -0.1) is 11.3 Å². The fourth-order valence-corrected chi connectivity index (χ4v) is 3.12. The summed E-state index contributed by atoms with van der Waals surface area (Å²) in [6.45, 7) is 9.41. The van der Waals surface area contributed by atoms with Gasteiger partial charge in [0.25, 0.3) is 0 Å². The fourth-order valence-electron chi connectivity index (χ4n) is 2.06. The second kappa shape index (κ2) is 6.93. The van der Waals surface area contributed by atoms with E-state index >= 15 is 0 Å². The fraction of sp³-hybridized carbons (Fsp3) is 0.368. The van der Waals surface area contributed by atoms with Gasteiger partial charge in [0.15, 0.2) is 0 Å². The van der Waals surface area contributed by atoms with Crippen LogP contribution < -0.4 is 5.32 Å². The van der Waals surface area contributed by atoms with Crippen molar-refractivity contribution in [1.82, 2.24) is 5.32 Å². The van der Waals surface area contributed by atoms with Crippen molar-refractivity contribution in [1.29, 1.82) is 0 Å². The van der Waals surface area contributed by atoms with Crippen LogP contribution in [0.3, 0.4) is 0 Å². The van der Waals surface area contributed by atoms with Crippen LogP contribution >= 0.6 is 11.3 Å². The van der Waals surface area contributed by atoms with E-state index < -0.39 is 0 Å². The molecule has 110 valence electrons. The van der Waals surface area contributed by atoms with E-state index in [1.807, 2.05) is 17.4 Å². The van der Waals surface area contributed by atoms with Crippen LogP contribution in [0.15, 0.2) is 41.8 Å². The molecule has 21 heavy (non-hydrogen) atoms. The minimum Gasteiger partial charge on any atom is -0.307 e. The van der Waals surface area contributed by atoms with Crippen molar-refractivity contribution in [3.63, 3.8) is 0 Å². The Hall–Kier alpha value is -1.56. The normalized spacial score (nSPS) is 13.3. The quantitative estimate of drug-likeness (QED) is 0.769. The third kappa shape index (κ3) is 4.74. The molecular weight excluding hydrogens is 274 g/mol. The van der Waals surface area contributed by atoms with Crippen molar-refractivity contribution in [3.05, 3.63) is 47.4 Å². The third-order valence-corrected chi connectivity index (χ3v) is 4.15. The largest absolute Gasteiger partial charge is 0.307 e. The zero-order chi connectivity index (χ0) is 15.3. The lowest BCUT2D eigenvalue weighted by Crippen LogP contribution is -2.18. The van der Waals surface area contributed by atoms with E-state index in [0.717, 1.165) is 6.54 Å². The number of thiophene rings is 1. The van der Waals surface area contributed by atoms with Crippen LogP contribution in [0.5, 0.6) is 0 Å². The highest BCUT2D eigenvalue weighted by molar-refractivity contribution is 7.17. The lowest BCUT2D eigenvalue weighted by atomic mass is 9.98. The predicted molar refractivity (Wildman–Crippen MR) is 94.6 cm³/mol. The summed E-state index contributed by atoms with van der Waals surface area (Å²) in [6.07, 6.45) is 4.03. The van der Waals surface area contributed by atoms with E-state index in [1.165, 1.54) is 15.6 Å². The van der Waals surface area contributed by atoms with Crippen LogP contribution in [0, 0.1) is 17.3 Å². The molecular formula is C19H23NS. The van der Waals surface area contributed by atoms with Crippen LogP contribution in [-0.4, -0.2) is 6.54 Å². The molecule has 1 atom stereocenters. The van der Waals surface area contributed by atoms with Crippen molar-refractivity contribution in [2.24, 2.45) is 5.41 Å². The molecule has 1 nitrogen and oxygen atoms in total. The molecule has 0 amide bonds. The highest BCUT2D eigenvalue weighted by Crippen LogP contribution is 2.29. The Morgan fingerprint density at radius 1 is 1.29 bits per heavy atom. The Morgan fingerprint density at radius 2 is 2.05 bits per heavy atom. The zero-order valence-electron chi connectivity index (χ0n) is 13.2. The predicted octanol–water partition coefficient (Wildman–Crippen LogP) is 5.16. The van der Waals surface area contributed by atoms with Gasteiger partial charge >= 0.3 is 0 Å². The van der Waals surface area contributed by atoms with Gasteiger partial charge in [0, 0.05) is 22.7 Å². The monoisotopic (exact) mass is 297 g/mol. The Kier molecular flexibility index (Phi) is 5.22. The standard InChI is InChI=1S/C19H23NS/c1-15(20-13-9-5-8-12-19(2,3)4)17-14-21-18-11-7-6-10-16(17)18/h5-7,9-11,14-15,20H,13H2,1-4H3/b9-5+/t15-/m1/s1. The molecule has 2 aromatic rings. The van der Waals surface area contributed by atoms with Gasteiger partial charge in [-0.3, -0.25) is 0 Å². The van der Waals surface area contributed by atoms with Crippen molar-refractivity contribution in [2.45, 2.75) is 33.7 Å². The van der Waals surface area contributed by atoms with Gasteiger partial charge in [-0.2, -0.15) is 0 Å². The van der Waals surface area contributed by atoms with E-state index in [9.17, 15) is 0 Å². The minimum absolute atomic E-state index is 0.0701. The van der Waals surface area contributed by atoms with Crippen molar-refractivity contribution >= 4 is 21.4 Å².